The summed E-state index contributed by atoms with van der Waals surface area (Å²) in [6, 6.07) is 10.1. The minimum atomic E-state index is 0.429. The van der Waals surface area contributed by atoms with E-state index in [1.165, 1.54) is 25.7 Å². The minimum Gasteiger partial charge on any atom is -0.456 e. The molecule has 2 aromatic carbocycles. The number of benzene rings is 2. The predicted octanol–water partition coefficient (Wildman–Crippen LogP) is 6.24. The Balaban J connectivity index is 1.21. The number of nitrogens with zero attached hydrogens (tertiary/aromatic N) is 6. The standard InChI is InChI=1S/C28H30ClN7O/c1-17-32-22-9-8-21(12-24(22)33-17)37-26-11-10-23-28(27(26)29)34-25(14-30-23)19-13-31-36(16-19)15-18-4-6-20(7-5-18)35(2)3/h8-14,16,18,20H,4-7,15H2,1-3H3,(H,32,33). The van der Waals surface area contributed by atoms with E-state index in [1.54, 1.807) is 6.20 Å². The van der Waals surface area contributed by atoms with E-state index in [1.807, 2.05) is 48.1 Å². The van der Waals surface area contributed by atoms with Gasteiger partial charge in [-0.05, 0) is 76.9 Å². The Kier molecular flexibility index (Phi) is 6.30. The van der Waals surface area contributed by atoms with E-state index < -0.39 is 0 Å². The monoisotopic (exact) mass is 515 g/mol. The lowest BCUT2D eigenvalue weighted by Gasteiger charge is -2.32. The molecular weight excluding hydrogens is 486 g/mol. The van der Waals surface area contributed by atoms with Gasteiger partial charge in [0.2, 0.25) is 0 Å². The van der Waals surface area contributed by atoms with Gasteiger partial charge >= 0.3 is 0 Å². The van der Waals surface area contributed by atoms with Crippen molar-refractivity contribution in [1.82, 2.24) is 34.6 Å². The molecule has 1 N–H and O–H groups in total. The highest BCUT2D eigenvalue weighted by atomic mass is 35.5. The van der Waals surface area contributed by atoms with E-state index in [2.05, 4.69) is 45.2 Å². The molecule has 37 heavy (non-hydrogen) atoms. The second-order valence-electron chi connectivity index (χ2n) is 10.2. The van der Waals surface area contributed by atoms with Crippen LogP contribution in [0.2, 0.25) is 5.02 Å². The molecule has 8 nitrogen and oxygen atoms in total. The zero-order valence-corrected chi connectivity index (χ0v) is 22.0. The van der Waals surface area contributed by atoms with Crippen LogP contribution in [-0.4, -0.2) is 54.8 Å². The first-order chi connectivity index (χ1) is 17.9. The second-order valence-corrected chi connectivity index (χ2v) is 10.6. The summed E-state index contributed by atoms with van der Waals surface area (Å²) in [5.74, 6) is 2.71. The molecule has 1 aliphatic rings. The number of hydrogen-bond donors (Lipinski definition) is 1. The molecule has 0 unspecified atom stereocenters. The SMILES string of the molecule is Cc1nc2ccc(Oc3ccc4ncc(-c5cnn(CC6CCC(N(C)C)CC6)c5)nc4c3Cl)cc2[nH]1. The number of nitrogens with one attached hydrogen (secondary N) is 1. The van der Waals surface area contributed by atoms with Crippen LogP contribution in [0.5, 0.6) is 11.5 Å². The molecular formula is C28H30ClN7O. The number of aromatic amines is 1. The first kappa shape index (κ1) is 23.9. The zero-order chi connectivity index (χ0) is 25.5. The molecule has 190 valence electrons. The number of H-pyrrole nitrogens is 1. The molecule has 1 fully saturated rings. The first-order valence-electron chi connectivity index (χ1n) is 12.7. The third-order valence-electron chi connectivity index (χ3n) is 7.34. The topological polar surface area (TPSA) is 84.8 Å². The van der Waals surface area contributed by atoms with Crippen molar-refractivity contribution in [3.8, 4) is 22.8 Å². The third-order valence-corrected chi connectivity index (χ3v) is 7.70. The van der Waals surface area contributed by atoms with Crippen molar-refractivity contribution in [2.45, 2.75) is 45.2 Å². The highest BCUT2D eigenvalue weighted by Crippen LogP contribution is 2.36. The quantitative estimate of drug-likeness (QED) is 0.288. The van der Waals surface area contributed by atoms with Crippen LogP contribution >= 0.6 is 11.6 Å². The molecule has 9 heteroatoms. The van der Waals surface area contributed by atoms with Gasteiger partial charge in [-0.2, -0.15) is 5.10 Å². The summed E-state index contributed by atoms with van der Waals surface area (Å²) >= 11 is 6.77. The molecule has 0 aliphatic heterocycles. The lowest BCUT2D eigenvalue weighted by atomic mass is 9.85. The summed E-state index contributed by atoms with van der Waals surface area (Å²) in [5.41, 5.74) is 4.79. The lowest BCUT2D eigenvalue weighted by molar-refractivity contribution is 0.181. The van der Waals surface area contributed by atoms with E-state index in [-0.39, 0.29) is 0 Å². The molecule has 3 heterocycles. The van der Waals surface area contributed by atoms with Gasteiger partial charge in [-0.3, -0.25) is 9.67 Å². The van der Waals surface area contributed by atoms with Gasteiger partial charge in [0.1, 0.15) is 27.9 Å². The number of rotatable bonds is 6. The van der Waals surface area contributed by atoms with Gasteiger partial charge < -0.3 is 14.6 Å². The number of ether oxygens (including phenoxy) is 1. The summed E-state index contributed by atoms with van der Waals surface area (Å²) in [6.45, 7) is 2.86. The molecule has 0 bridgehead atoms. The van der Waals surface area contributed by atoms with Gasteiger partial charge in [0.05, 0.1) is 34.6 Å². The number of hydrogen-bond acceptors (Lipinski definition) is 6. The molecule has 1 aliphatic carbocycles. The van der Waals surface area contributed by atoms with Crippen molar-refractivity contribution in [2.75, 3.05) is 14.1 Å². The fourth-order valence-electron chi connectivity index (χ4n) is 5.26. The summed E-state index contributed by atoms with van der Waals surface area (Å²) in [7, 11) is 4.36. The largest absolute Gasteiger partial charge is 0.456 e. The Morgan fingerprint density at radius 2 is 1.86 bits per heavy atom. The Bertz CT molecular complexity index is 1570. The summed E-state index contributed by atoms with van der Waals surface area (Å²) in [5, 5.41) is 5.04. The van der Waals surface area contributed by atoms with Crippen LogP contribution in [-0.2, 0) is 6.54 Å². The van der Waals surface area contributed by atoms with Crippen LogP contribution in [0.3, 0.4) is 0 Å². The van der Waals surface area contributed by atoms with Crippen molar-refractivity contribution in [2.24, 2.45) is 5.92 Å². The van der Waals surface area contributed by atoms with Crippen LogP contribution in [0.4, 0.5) is 0 Å². The van der Waals surface area contributed by atoms with Crippen molar-refractivity contribution < 1.29 is 4.74 Å². The van der Waals surface area contributed by atoms with Gasteiger partial charge in [-0.1, -0.05) is 11.6 Å². The van der Waals surface area contributed by atoms with Gasteiger partial charge in [0.25, 0.3) is 0 Å². The molecule has 1 saturated carbocycles. The molecule has 0 amide bonds. The maximum Gasteiger partial charge on any atom is 0.148 e. The van der Waals surface area contributed by atoms with Gasteiger partial charge in [0, 0.05) is 30.4 Å². The van der Waals surface area contributed by atoms with E-state index in [9.17, 15) is 0 Å². The van der Waals surface area contributed by atoms with Crippen LogP contribution in [0.15, 0.2) is 48.9 Å². The van der Waals surface area contributed by atoms with Crippen LogP contribution < -0.4 is 4.74 Å². The summed E-state index contributed by atoms with van der Waals surface area (Å²) < 4.78 is 8.16. The molecule has 0 atom stereocenters. The van der Waals surface area contributed by atoms with Gasteiger partial charge in [-0.15, -0.1) is 0 Å². The molecule has 5 aromatic rings. The highest BCUT2D eigenvalue weighted by Gasteiger charge is 2.23. The highest BCUT2D eigenvalue weighted by molar-refractivity contribution is 6.36. The van der Waals surface area contributed by atoms with Crippen LogP contribution in [0.1, 0.15) is 31.5 Å². The fourth-order valence-corrected chi connectivity index (χ4v) is 5.50. The number of imidazole rings is 1. The first-order valence-corrected chi connectivity index (χ1v) is 13.1. The Labute approximate surface area is 220 Å². The van der Waals surface area contributed by atoms with E-state index in [4.69, 9.17) is 21.3 Å². The van der Waals surface area contributed by atoms with E-state index >= 15 is 0 Å². The van der Waals surface area contributed by atoms with Crippen molar-refractivity contribution in [3.63, 3.8) is 0 Å². The molecule has 6 rings (SSSR count). The summed E-state index contributed by atoms with van der Waals surface area (Å²) in [6.07, 6.45) is 10.7. The number of aryl methyl sites for hydroxylation is 1. The lowest BCUT2D eigenvalue weighted by Crippen LogP contribution is -2.33. The maximum absolute atomic E-state index is 6.77. The average Bonchev–Trinajstić information content (AvgIpc) is 3.51. The van der Waals surface area contributed by atoms with Crippen molar-refractivity contribution in [1.29, 1.82) is 0 Å². The number of aromatic nitrogens is 6. The second kappa shape index (κ2) is 9.76. The van der Waals surface area contributed by atoms with Crippen LogP contribution in [0.25, 0.3) is 33.3 Å². The predicted molar refractivity (Wildman–Crippen MR) is 146 cm³/mol. The Hall–Kier alpha value is -3.49. The van der Waals surface area contributed by atoms with Crippen molar-refractivity contribution >= 4 is 33.7 Å². The Morgan fingerprint density at radius 1 is 1.05 bits per heavy atom. The van der Waals surface area contributed by atoms with Gasteiger partial charge in [-0.25, -0.2) is 9.97 Å². The molecule has 3 aromatic heterocycles. The minimum absolute atomic E-state index is 0.429. The molecule has 0 spiro atoms. The Morgan fingerprint density at radius 3 is 2.68 bits per heavy atom. The molecule has 0 radical (unpaired) electrons. The molecule has 0 saturated heterocycles. The third kappa shape index (κ3) is 4.91. The smallest absolute Gasteiger partial charge is 0.148 e. The van der Waals surface area contributed by atoms with Crippen molar-refractivity contribution in [3.05, 3.63) is 59.8 Å². The van der Waals surface area contributed by atoms with Crippen LogP contribution in [0, 0.1) is 12.8 Å². The van der Waals surface area contributed by atoms with E-state index in [0.29, 0.717) is 39.5 Å². The number of halogens is 1. The summed E-state index contributed by atoms with van der Waals surface area (Å²) in [4.78, 5) is 19.5. The maximum atomic E-state index is 6.77. The number of fused-ring (bicyclic) bond motifs is 2. The average molecular weight is 516 g/mol. The fraction of sp³-hybridized carbons (Fsp3) is 0.357. The van der Waals surface area contributed by atoms with Gasteiger partial charge in [0.15, 0.2) is 0 Å². The normalized spacial score (nSPS) is 18.2. The van der Waals surface area contributed by atoms with E-state index in [0.717, 1.165) is 34.7 Å². The zero-order valence-electron chi connectivity index (χ0n) is 21.3.